The van der Waals surface area contributed by atoms with E-state index in [4.69, 9.17) is 0 Å². The number of aryl methyl sites for hydroxylation is 1. The van der Waals surface area contributed by atoms with Crippen LogP contribution in [0.5, 0.6) is 0 Å². The first-order valence-corrected chi connectivity index (χ1v) is 6.41. The van der Waals surface area contributed by atoms with Crippen LogP contribution in [-0.2, 0) is 6.54 Å². The standard InChI is InChI=1S/C13H20BrNO/c1-4-13(3,9-16)15-8-11-5-6-12(14)7-10(11)2/h5-7,15-16H,4,8-9H2,1-3H3. The second-order valence-corrected chi connectivity index (χ2v) is 5.41. The van der Waals surface area contributed by atoms with E-state index >= 15 is 0 Å². The Labute approximate surface area is 106 Å². The molecule has 0 spiro atoms. The molecule has 1 aromatic rings. The molecular formula is C13H20BrNO. The molecule has 0 heterocycles. The number of nitrogens with one attached hydrogen (secondary N) is 1. The molecule has 0 bridgehead atoms. The van der Waals surface area contributed by atoms with E-state index in [0.29, 0.717) is 0 Å². The molecule has 16 heavy (non-hydrogen) atoms. The highest BCUT2D eigenvalue weighted by molar-refractivity contribution is 9.10. The van der Waals surface area contributed by atoms with Gasteiger partial charge >= 0.3 is 0 Å². The van der Waals surface area contributed by atoms with Crippen molar-refractivity contribution in [1.82, 2.24) is 5.32 Å². The summed E-state index contributed by atoms with van der Waals surface area (Å²) in [4.78, 5) is 0. The van der Waals surface area contributed by atoms with Crippen LogP contribution in [0.1, 0.15) is 31.4 Å². The minimum absolute atomic E-state index is 0.166. The zero-order valence-electron chi connectivity index (χ0n) is 10.2. The lowest BCUT2D eigenvalue weighted by Crippen LogP contribution is -2.44. The lowest BCUT2D eigenvalue weighted by Gasteiger charge is -2.27. The van der Waals surface area contributed by atoms with E-state index in [1.54, 1.807) is 0 Å². The third kappa shape index (κ3) is 3.58. The van der Waals surface area contributed by atoms with Crippen LogP contribution in [0, 0.1) is 6.92 Å². The van der Waals surface area contributed by atoms with Crippen LogP contribution in [0.25, 0.3) is 0 Å². The summed E-state index contributed by atoms with van der Waals surface area (Å²) in [6, 6.07) is 6.27. The summed E-state index contributed by atoms with van der Waals surface area (Å²) >= 11 is 3.45. The predicted octanol–water partition coefficient (Wildman–Crippen LogP) is 3.01. The molecule has 0 saturated carbocycles. The van der Waals surface area contributed by atoms with Gasteiger partial charge in [0.1, 0.15) is 0 Å². The van der Waals surface area contributed by atoms with Gasteiger partial charge in [-0.25, -0.2) is 0 Å². The van der Waals surface area contributed by atoms with E-state index < -0.39 is 0 Å². The molecule has 1 rings (SSSR count). The van der Waals surface area contributed by atoms with Crippen molar-refractivity contribution in [1.29, 1.82) is 0 Å². The summed E-state index contributed by atoms with van der Waals surface area (Å²) in [7, 11) is 0. The van der Waals surface area contributed by atoms with Crippen LogP contribution in [0.3, 0.4) is 0 Å². The molecule has 1 atom stereocenters. The summed E-state index contributed by atoms with van der Waals surface area (Å²) in [5, 5.41) is 12.7. The third-order valence-electron chi connectivity index (χ3n) is 3.14. The molecule has 1 unspecified atom stereocenters. The Morgan fingerprint density at radius 2 is 2.12 bits per heavy atom. The molecule has 90 valence electrons. The Bertz CT molecular complexity index is 348. The zero-order valence-corrected chi connectivity index (χ0v) is 11.8. The zero-order chi connectivity index (χ0) is 12.2. The summed E-state index contributed by atoms with van der Waals surface area (Å²) < 4.78 is 1.11. The number of rotatable bonds is 5. The average molecular weight is 286 g/mol. The van der Waals surface area contributed by atoms with Gasteiger partial charge in [-0.3, -0.25) is 0 Å². The Hall–Kier alpha value is -0.380. The second-order valence-electron chi connectivity index (χ2n) is 4.50. The molecule has 1 aromatic carbocycles. The van der Waals surface area contributed by atoms with Crippen molar-refractivity contribution in [2.75, 3.05) is 6.61 Å². The quantitative estimate of drug-likeness (QED) is 0.872. The minimum atomic E-state index is -0.181. The molecule has 0 radical (unpaired) electrons. The van der Waals surface area contributed by atoms with Gasteiger partial charge in [0.25, 0.3) is 0 Å². The van der Waals surface area contributed by atoms with Crippen LogP contribution in [0.4, 0.5) is 0 Å². The maximum absolute atomic E-state index is 9.31. The fourth-order valence-corrected chi connectivity index (χ4v) is 1.93. The lowest BCUT2D eigenvalue weighted by molar-refractivity contribution is 0.169. The highest BCUT2D eigenvalue weighted by Crippen LogP contribution is 2.17. The van der Waals surface area contributed by atoms with Gasteiger partial charge in [0.05, 0.1) is 6.61 Å². The molecular weight excluding hydrogens is 266 g/mol. The SMILES string of the molecule is CCC(C)(CO)NCc1ccc(Br)cc1C. The fourth-order valence-electron chi connectivity index (χ4n) is 1.46. The summed E-state index contributed by atoms with van der Waals surface area (Å²) in [5.74, 6) is 0. The van der Waals surface area contributed by atoms with Gasteiger partial charge in [0, 0.05) is 16.6 Å². The van der Waals surface area contributed by atoms with E-state index in [9.17, 15) is 5.11 Å². The number of hydrogen-bond acceptors (Lipinski definition) is 2. The smallest absolute Gasteiger partial charge is 0.0610 e. The largest absolute Gasteiger partial charge is 0.394 e. The Morgan fingerprint density at radius 3 is 2.62 bits per heavy atom. The van der Waals surface area contributed by atoms with Gasteiger partial charge in [-0.1, -0.05) is 28.9 Å². The van der Waals surface area contributed by atoms with E-state index in [0.717, 1.165) is 17.4 Å². The molecule has 0 fully saturated rings. The Morgan fingerprint density at radius 1 is 1.44 bits per heavy atom. The molecule has 2 nitrogen and oxygen atoms in total. The van der Waals surface area contributed by atoms with Crippen LogP contribution in [0.2, 0.25) is 0 Å². The van der Waals surface area contributed by atoms with E-state index in [1.807, 2.05) is 13.0 Å². The Balaban J connectivity index is 2.67. The summed E-state index contributed by atoms with van der Waals surface area (Å²) in [6.07, 6.45) is 0.916. The highest BCUT2D eigenvalue weighted by Gasteiger charge is 2.19. The number of hydrogen-bond donors (Lipinski definition) is 2. The monoisotopic (exact) mass is 285 g/mol. The lowest BCUT2D eigenvalue weighted by atomic mass is 9.99. The maximum Gasteiger partial charge on any atom is 0.0610 e. The minimum Gasteiger partial charge on any atom is -0.394 e. The maximum atomic E-state index is 9.31. The topological polar surface area (TPSA) is 32.3 Å². The van der Waals surface area contributed by atoms with Crippen molar-refractivity contribution >= 4 is 15.9 Å². The van der Waals surface area contributed by atoms with E-state index in [2.05, 4.69) is 47.2 Å². The van der Waals surface area contributed by atoms with Crippen molar-refractivity contribution in [3.63, 3.8) is 0 Å². The number of aliphatic hydroxyl groups excluding tert-OH is 1. The summed E-state index contributed by atoms with van der Waals surface area (Å²) in [6.45, 7) is 7.19. The van der Waals surface area contributed by atoms with Crippen molar-refractivity contribution in [3.05, 3.63) is 33.8 Å². The van der Waals surface area contributed by atoms with Crippen molar-refractivity contribution in [2.24, 2.45) is 0 Å². The van der Waals surface area contributed by atoms with Gasteiger partial charge in [0.15, 0.2) is 0 Å². The van der Waals surface area contributed by atoms with Crippen molar-refractivity contribution < 1.29 is 5.11 Å². The van der Waals surface area contributed by atoms with E-state index in [-0.39, 0.29) is 12.1 Å². The number of benzene rings is 1. The van der Waals surface area contributed by atoms with Crippen LogP contribution < -0.4 is 5.32 Å². The van der Waals surface area contributed by atoms with Crippen molar-refractivity contribution in [3.8, 4) is 0 Å². The van der Waals surface area contributed by atoms with Crippen LogP contribution in [-0.4, -0.2) is 17.3 Å². The first-order valence-electron chi connectivity index (χ1n) is 5.61. The summed E-state index contributed by atoms with van der Waals surface area (Å²) in [5.41, 5.74) is 2.36. The first kappa shape index (κ1) is 13.7. The van der Waals surface area contributed by atoms with Crippen molar-refractivity contribution in [2.45, 2.75) is 39.3 Å². The second kappa shape index (κ2) is 5.80. The highest BCUT2D eigenvalue weighted by atomic mass is 79.9. The van der Waals surface area contributed by atoms with Gasteiger partial charge in [-0.05, 0) is 43.5 Å². The van der Waals surface area contributed by atoms with E-state index in [1.165, 1.54) is 11.1 Å². The first-order chi connectivity index (χ1) is 7.50. The fraction of sp³-hybridized carbons (Fsp3) is 0.538. The Kier molecular flexibility index (Phi) is 4.96. The molecule has 0 aliphatic carbocycles. The molecule has 3 heteroatoms. The van der Waals surface area contributed by atoms with Gasteiger partial charge < -0.3 is 10.4 Å². The van der Waals surface area contributed by atoms with Gasteiger partial charge in [-0.15, -0.1) is 0 Å². The van der Waals surface area contributed by atoms with Gasteiger partial charge in [-0.2, -0.15) is 0 Å². The number of halogens is 1. The molecule has 2 N–H and O–H groups in total. The van der Waals surface area contributed by atoms with Gasteiger partial charge in [0.2, 0.25) is 0 Å². The van der Waals surface area contributed by atoms with Crippen LogP contribution >= 0.6 is 15.9 Å². The normalized spacial score (nSPS) is 14.8. The molecule has 0 aromatic heterocycles. The number of aliphatic hydroxyl groups is 1. The molecule has 0 saturated heterocycles. The molecule has 0 amide bonds. The predicted molar refractivity (Wildman–Crippen MR) is 71.5 cm³/mol. The average Bonchev–Trinajstić information content (AvgIpc) is 2.27. The third-order valence-corrected chi connectivity index (χ3v) is 3.63. The molecule has 0 aliphatic rings. The van der Waals surface area contributed by atoms with Crippen LogP contribution in [0.15, 0.2) is 22.7 Å². The molecule has 0 aliphatic heterocycles.